The second-order valence-electron chi connectivity index (χ2n) is 9.44. The predicted octanol–water partition coefficient (Wildman–Crippen LogP) is 3.75. The van der Waals surface area contributed by atoms with E-state index in [1.807, 2.05) is 45.0 Å². The first-order valence-electron chi connectivity index (χ1n) is 11.0. The van der Waals surface area contributed by atoms with Crippen LogP contribution in [-0.4, -0.2) is 55.3 Å². The molecule has 190 valence electrons. The van der Waals surface area contributed by atoms with E-state index in [-0.39, 0.29) is 23.9 Å². The molecule has 0 saturated heterocycles. The van der Waals surface area contributed by atoms with Crippen molar-refractivity contribution in [2.45, 2.75) is 52.7 Å². The van der Waals surface area contributed by atoms with Crippen LogP contribution in [0, 0.1) is 0 Å². The minimum atomic E-state index is -3.87. The van der Waals surface area contributed by atoms with Gasteiger partial charge in [0.25, 0.3) is 0 Å². The van der Waals surface area contributed by atoms with Crippen molar-refractivity contribution >= 4 is 49.2 Å². The quantitative estimate of drug-likeness (QED) is 0.466. The molecule has 2 amide bonds. The number of amides is 2. The molecule has 0 aliphatic carbocycles. The Morgan fingerprint density at radius 2 is 1.66 bits per heavy atom. The van der Waals surface area contributed by atoms with Gasteiger partial charge in [-0.1, -0.05) is 40.2 Å². The monoisotopic (exact) mass is 565 g/mol. The number of Topliss-reactive ketones (excluding diaryl/α,β-unsaturated/α-hetero) is 1. The molecule has 0 fully saturated rings. The topological polar surface area (TPSA) is 104 Å². The lowest BCUT2D eigenvalue weighted by molar-refractivity contribution is -0.140. The number of hydrogen-bond donors (Lipinski definition) is 1. The first-order chi connectivity index (χ1) is 16.1. The molecule has 1 N–H and O–H groups in total. The normalized spacial score (nSPS) is 12.5. The Morgan fingerprint density at radius 3 is 2.17 bits per heavy atom. The van der Waals surface area contributed by atoms with E-state index >= 15 is 0 Å². The van der Waals surface area contributed by atoms with Gasteiger partial charge in [0.1, 0.15) is 12.6 Å². The molecule has 0 saturated carbocycles. The van der Waals surface area contributed by atoms with Crippen LogP contribution in [-0.2, 0) is 26.2 Å². The summed E-state index contributed by atoms with van der Waals surface area (Å²) in [7, 11) is -3.87. The third-order valence-corrected chi connectivity index (χ3v) is 6.82. The number of hydrogen-bond acceptors (Lipinski definition) is 5. The number of sulfonamides is 1. The zero-order valence-electron chi connectivity index (χ0n) is 20.8. The molecule has 10 heteroatoms. The van der Waals surface area contributed by atoms with Gasteiger partial charge in [0.05, 0.1) is 11.9 Å². The molecule has 0 aromatic heterocycles. The highest BCUT2D eigenvalue weighted by Crippen LogP contribution is 2.21. The summed E-state index contributed by atoms with van der Waals surface area (Å²) in [6.07, 6.45) is 0.996. The number of carbonyl (C=O) groups excluding carboxylic acids is 3. The zero-order chi connectivity index (χ0) is 26.6. The van der Waals surface area contributed by atoms with Crippen molar-refractivity contribution in [3.63, 3.8) is 0 Å². The number of anilines is 1. The van der Waals surface area contributed by atoms with Crippen molar-refractivity contribution in [3.05, 3.63) is 64.1 Å². The SMILES string of the molecule is CC(=O)c1cccc(N(CC(=O)N(Cc2ccc(Br)cc2)C(C)C(=O)NC(C)(C)C)S(C)(=O)=O)c1. The summed E-state index contributed by atoms with van der Waals surface area (Å²) >= 11 is 3.38. The van der Waals surface area contributed by atoms with Crippen LogP contribution in [0.5, 0.6) is 0 Å². The summed E-state index contributed by atoms with van der Waals surface area (Å²) in [5, 5.41) is 2.87. The number of halogens is 1. The number of ketones is 1. The van der Waals surface area contributed by atoms with Gasteiger partial charge in [-0.05, 0) is 64.4 Å². The molecule has 0 aliphatic heterocycles. The van der Waals surface area contributed by atoms with E-state index in [1.165, 1.54) is 24.0 Å². The molecule has 2 aromatic carbocycles. The van der Waals surface area contributed by atoms with Crippen LogP contribution in [0.15, 0.2) is 53.0 Å². The van der Waals surface area contributed by atoms with Crippen LogP contribution in [0.3, 0.4) is 0 Å². The minimum absolute atomic E-state index is 0.107. The Labute approximate surface area is 215 Å². The third-order valence-electron chi connectivity index (χ3n) is 5.15. The smallest absolute Gasteiger partial charge is 0.244 e. The largest absolute Gasteiger partial charge is 0.350 e. The molecular formula is C25H32BrN3O5S. The fourth-order valence-corrected chi connectivity index (χ4v) is 4.44. The van der Waals surface area contributed by atoms with Crippen LogP contribution < -0.4 is 9.62 Å². The van der Waals surface area contributed by atoms with Gasteiger partial charge in [0.15, 0.2) is 5.78 Å². The van der Waals surface area contributed by atoms with Crippen molar-refractivity contribution in [3.8, 4) is 0 Å². The summed E-state index contributed by atoms with van der Waals surface area (Å²) in [5.74, 6) is -1.13. The van der Waals surface area contributed by atoms with Crippen molar-refractivity contribution in [2.75, 3.05) is 17.1 Å². The molecule has 2 aromatic rings. The van der Waals surface area contributed by atoms with Crippen LogP contribution in [0.25, 0.3) is 0 Å². The number of rotatable bonds is 9. The number of benzene rings is 2. The molecule has 0 aliphatic rings. The third kappa shape index (κ3) is 8.47. The van der Waals surface area contributed by atoms with Crippen LogP contribution in [0.2, 0.25) is 0 Å². The molecule has 1 atom stereocenters. The summed E-state index contributed by atoms with van der Waals surface area (Å²) in [6, 6.07) is 12.5. The average Bonchev–Trinajstić information content (AvgIpc) is 2.74. The van der Waals surface area contributed by atoms with Gasteiger partial charge in [-0.2, -0.15) is 0 Å². The van der Waals surface area contributed by atoms with Crippen molar-refractivity contribution < 1.29 is 22.8 Å². The molecule has 0 bridgehead atoms. The van der Waals surface area contributed by atoms with E-state index in [2.05, 4.69) is 21.2 Å². The summed E-state index contributed by atoms with van der Waals surface area (Å²) in [4.78, 5) is 39.7. The van der Waals surface area contributed by atoms with E-state index in [0.717, 1.165) is 20.6 Å². The van der Waals surface area contributed by atoms with Crippen LogP contribution in [0.4, 0.5) is 5.69 Å². The van der Waals surface area contributed by atoms with Crippen molar-refractivity contribution in [2.24, 2.45) is 0 Å². The molecule has 8 nitrogen and oxygen atoms in total. The Morgan fingerprint density at radius 1 is 1.06 bits per heavy atom. The van der Waals surface area contributed by atoms with Crippen molar-refractivity contribution in [1.29, 1.82) is 0 Å². The van der Waals surface area contributed by atoms with Gasteiger partial charge in [0.2, 0.25) is 21.8 Å². The molecule has 0 heterocycles. The second-order valence-corrected chi connectivity index (χ2v) is 12.3. The molecule has 0 spiro atoms. The number of nitrogens with zero attached hydrogens (tertiary/aromatic N) is 2. The highest BCUT2D eigenvalue weighted by Gasteiger charge is 2.31. The summed E-state index contributed by atoms with van der Waals surface area (Å²) < 4.78 is 27.1. The van der Waals surface area contributed by atoms with E-state index in [0.29, 0.717) is 5.56 Å². The molecular weight excluding hydrogens is 534 g/mol. The Kier molecular flexibility index (Phi) is 9.24. The lowest BCUT2D eigenvalue weighted by Gasteiger charge is -2.33. The maximum absolute atomic E-state index is 13.5. The first-order valence-corrected chi connectivity index (χ1v) is 13.7. The second kappa shape index (κ2) is 11.3. The van der Waals surface area contributed by atoms with Gasteiger partial charge < -0.3 is 10.2 Å². The fraction of sp³-hybridized carbons (Fsp3) is 0.400. The van der Waals surface area contributed by atoms with E-state index in [9.17, 15) is 22.8 Å². The standard InChI is InChI=1S/C25H32BrN3O5S/c1-17(24(32)27-25(3,4)5)28(15-19-10-12-21(26)13-11-19)23(31)16-29(35(6,33)34)22-9-7-8-20(14-22)18(2)30/h7-14,17H,15-16H2,1-6H3,(H,27,32). The molecule has 35 heavy (non-hydrogen) atoms. The Balaban J connectivity index is 2.43. The number of nitrogens with one attached hydrogen (secondary N) is 1. The van der Waals surface area contributed by atoms with Gasteiger partial charge in [-0.3, -0.25) is 18.7 Å². The predicted molar refractivity (Wildman–Crippen MR) is 141 cm³/mol. The maximum atomic E-state index is 13.5. The zero-order valence-corrected chi connectivity index (χ0v) is 23.2. The van der Waals surface area contributed by atoms with E-state index in [1.54, 1.807) is 19.1 Å². The maximum Gasteiger partial charge on any atom is 0.244 e. The Bertz CT molecular complexity index is 1190. The minimum Gasteiger partial charge on any atom is -0.350 e. The Hall–Kier alpha value is -2.72. The van der Waals surface area contributed by atoms with Gasteiger partial charge >= 0.3 is 0 Å². The highest BCUT2D eigenvalue weighted by molar-refractivity contribution is 9.10. The highest BCUT2D eigenvalue weighted by atomic mass is 79.9. The van der Waals surface area contributed by atoms with Crippen LogP contribution in [0.1, 0.15) is 50.5 Å². The molecule has 0 radical (unpaired) electrons. The number of carbonyl (C=O) groups is 3. The molecule has 1 unspecified atom stereocenters. The summed E-state index contributed by atoms with van der Waals surface area (Å²) in [6.45, 7) is 8.09. The average molecular weight is 567 g/mol. The molecule has 2 rings (SSSR count). The lowest BCUT2D eigenvalue weighted by atomic mass is 10.1. The van der Waals surface area contributed by atoms with E-state index in [4.69, 9.17) is 0 Å². The summed E-state index contributed by atoms with van der Waals surface area (Å²) in [5.41, 5.74) is 0.794. The van der Waals surface area contributed by atoms with Gasteiger partial charge in [-0.25, -0.2) is 8.42 Å². The van der Waals surface area contributed by atoms with Gasteiger partial charge in [-0.15, -0.1) is 0 Å². The fourth-order valence-electron chi connectivity index (χ4n) is 3.34. The van der Waals surface area contributed by atoms with Crippen molar-refractivity contribution in [1.82, 2.24) is 10.2 Å². The van der Waals surface area contributed by atoms with Crippen LogP contribution >= 0.6 is 15.9 Å². The van der Waals surface area contributed by atoms with E-state index < -0.39 is 34.1 Å². The van der Waals surface area contributed by atoms with Gasteiger partial charge in [0, 0.05) is 22.1 Å². The first kappa shape index (κ1) is 28.5. The lowest BCUT2D eigenvalue weighted by Crippen LogP contribution is -2.54.